The SMILES string of the molecule is CNC(=O)Cc1ccc(-c2ccc(Nc3cc(OC(C)C)ncn3)cc2F)cc1. The fourth-order valence-corrected chi connectivity index (χ4v) is 2.76. The molecule has 29 heavy (non-hydrogen) atoms. The summed E-state index contributed by atoms with van der Waals surface area (Å²) < 4.78 is 20.2. The summed E-state index contributed by atoms with van der Waals surface area (Å²) in [6.45, 7) is 3.82. The van der Waals surface area contributed by atoms with E-state index >= 15 is 0 Å². The van der Waals surface area contributed by atoms with Crippen LogP contribution in [0.1, 0.15) is 19.4 Å². The summed E-state index contributed by atoms with van der Waals surface area (Å²) in [5.74, 6) is 0.542. The first-order valence-corrected chi connectivity index (χ1v) is 9.30. The van der Waals surface area contributed by atoms with Crippen LogP contribution in [-0.2, 0) is 11.2 Å². The molecule has 3 aromatic rings. The highest BCUT2D eigenvalue weighted by molar-refractivity contribution is 5.78. The Labute approximate surface area is 169 Å². The maximum Gasteiger partial charge on any atom is 0.224 e. The first-order valence-electron chi connectivity index (χ1n) is 9.30. The summed E-state index contributed by atoms with van der Waals surface area (Å²) in [4.78, 5) is 19.6. The monoisotopic (exact) mass is 394 g/mol. The van der Waals surface area contributed by atoms with E-state index in [1.165, 1.54) is 12.4 Å². The van der Waals surface area contributed by atoms with E-state index < -0.39 is 0 Å². The van der Waals surface area contributed by atoms with Crippen LogP contribution in [0.4, 0.5) is 15.9 Å². The van der Waals surface area contributed by atoms with Gasteiger partial charge in [0.2, 0.25) is 11.8 Å². The van der Waals surface area contributed by atoms with Crippen molar-refractivity contribution in [3.05, 3.63) is 66.2 Å². The first-order chi connectivity index (χ1) is 13.9. The van der Waals surface area contributed by atoms with Gasteiger partial charge >= 0.3 is 0 Å². The van der Waals surface area contributed by atoms with Crippen molar-refractivity contribution >= 4 is 17.4 Å². The van der Waals surface area contributed by atoms with Gasteiger partial charge in [-0.15, -0.1) is 0 Å². The lowest BCUT2D eigenvalue weighted by Gasteiger charge is -2.11. The van der Waals surface area contributed by atoms with Crippen LogP contribution in [0.3, 0.4) is 0 Å². The summed E-state index contributed by atoms with van der Waals surface area (Å²) in [6, 6.07) is 13.8. The number of hydrogen-bond donors (Lipinski definition) is 2. The summed E-state index contributed by atoms with van der Waals surface area (Å²) in [7, 11) is 1.60. The van der Waals surface area contributed by atoms with E-state index in [9.17, 15) is 9.18 Å². The van der Waals surface area contributed by atoms with E-state index in [0.717, 1.165) is 11.1 Å². The van der Waals surface area contributed by atoms with Gasteiger partial charge in [0.1, 0.15) is 18.0 Å². The predicted octanol–water partition coefficient (Wildman–Crippen LogP) is 4.10. The zero-order valence-electron chi connectivity index (χ0n) is 16.6. The Morgan fingerprint density at radius 2 is 1.86 bits per heavy atom. The van der Waals surface area contributed by atoms with E-state index in [1.807, 2.05) is 38.1 Å². The number of carbonyl (C=O) groups is 1. The molecule has 1 amide bonds. The number of rotatable bonds is 7. The molecule has 0 aliphatic heterocycles. The lowest BCUT2D eigenvalue weighted by Crippen LogP contribution is -2.19. The standard InChI is InChI=1S/C22H23FN4O2/c1-14(2)29-22-12-20(25-13-26-22)27-17-8-9-18(19(23)11-17)16-6-4-15(5-7-16)10-21(28)24-3/h4-9,11-14H,10H2,1-3H3,(H,24,28)(H,25,26,27). The molecule has 0 bridgehead atoms. The largest absolute Gasteiger partial charge is 0.475 e. The molecule has 1 heterocycles. The quantitative estimate of drug-likeness (QED) is 0.631. The van der Waals surface area contributed by atoms with Crippen LogP contribution >= 0.6 is 0 Å². The fourth-order valence-electron chi connectivity index (χ4n) is 2.76. The zero-order chi connectivity index (χ0) is 20.8. The average molecular weight is 394 g/mol. The number of ether oxygens (including phenoxy) is 1. The maximum atomic E-state index is 14.7. The van der Waals surface area contributed by atoms with Crippen LogP contribution in [0.5, 0.6) is 5.88 Å². The molecule has 1 aromatic heterocycles. The molecule has 0 aliphatic rings. The van der Waals surface area contributed by atoms with Gasteiger partial charge in [-0.25, -0.2) is 14.4 Å². The van der Waals surface area contributed by atoms with Gasteiger partial charge in [0.05, 0.1) is 12.5 Å². The number of anilines is 2. The van der Waals surface area contributed by atoms with Gasteiger partial charge in [-0.3, -0.25) is 4.79 Å². The Morgan fingerprint density at radius 1 is 1.10 bits per heavy atom. The van der Waals surface area contributed by atoms with Crippen LogP contribution in [0.25, 0.3) is 11.1 Å². The second-order valence-corrected chi connectivity index (χ2v) is 6.77. The van der Waals surface area contributed by atoms with Gasteiger partial charge in [0.15, 0.2) is 0 Å². The third-order valence-electron chi connectivity index (χ3n) is 4.15. The smallest absolute Gasteiger partial charge is 0.224 e. The van der Waals surface area contributed by atoms with Crippen LogP contribution < -0.4 is 15.4 Å². The Balaban J connectivity index is 1.74. The zero-order valence-corrected chi connectivity index (χ0v) is 16.6. The molecule has 0 saturated carbocycles. The van der Waals surface area contributed by atoms with Crippen molar-refractivity contribution in [1.29, 1.82) is 0 Å². The average Bonchev–Trinajstić information content (AvgIpc) is 2.68. The molecule has 0 fully saturated rings. The number of benzene rings is 2. The minimum absolute atomic E-state index is 0.00257. The van der Waals surface area contributed by atoms with E-state index in [1.54, 1.807) is 25.2 Å². The van der Waals surface area contributed by atoms with Gasteiger partial charge in [0, 0.05) is 24.4 Å². The Bertz CT molecular complexity index is 990. The molecule has 0 spiro atoms. The summed E-state index contributed by atoms with van der Waals surface area (Å²) in [5, 5.41) is 5.64. The molecule has 2 N–H and O–H groups in total. The minimum Gasteiger partial charge on any atom is -0.475 e. The molecule has 7 heteroatoms. The number of hydrogen-bond acceptors (Lipinski definition) is 5. The third-order valence-corrected chi connectivity index (χ3v) is 4.15. The number of aromatic nitrogens is 2. The summed E-state index contributed by atoms with van der Waals surface area (Å²) in [5.41, 5.74) is 2.66. The van der Waals surface area contributed by atoms with Crippen molar-refractivity contribution < 1.29 is 13.9 Å². The normalized spacial score (nSPS) is 10.7. The molecule has 0 atom stereocenters. The molecular formula is C22H23FN4O2. The first kappa shape index (κ1) is 20.3. The van der Waals surface area contributed by atoms with E-state index in [-0.39, 0.29) is 17.8 Å². The van der Waals surface area contributed by atoms with E-state index in [0.29, 0.717) is 29.4 Å². The predicted molar refractivity (Wildman–Crippen MR) is 111 cm³/mol. The van der Waals surface area contributed by atoms with E-state index in [2.05, 4.69) is 20.6 Å². The molecule has 0 radical (unpaired) electrons. The molecular weight excluding hydrogens is 371 g/mol. The van der Waals surface area contributed by atoms with Crippen molar-refractivity contribution in [2.75, 3.05) is 12.4 Å². The van der Waals surface area contributed by atoms with Crippen LogP contribution in [0.2, 0.25) is 0 Å². The van der Waals surface area contributed by atoms with Crippen LogP contribution in [0, 0.1) is 5.82 Å². The topological polar surface area (TPSA) is 76.1 Å². The maximum absolute atomic E-state index is 14.7. The highest BCUT2D eigenvalue weighted by Crippen LogP contribution is 2.27. The molecule has 0 aliphatic carbocycles. The van der Waals surface area contributed by atoms with Crippen molar-refractivity contribution in [2.24, 2.45) is 0 Å². The van der Waals surface area contributed by atoms with E-state index in [4.69, 9.17) is 4.74 Å². The van der Waals surface area contributed by atoms with Crippen molar-refractivity contribution in [2.45, 2.75) is 26.4 Å². The van der Waals surface area contributed by atoms with Crippen LogP contribution in [-0.4, -0.2) is 29.0 Å². The van der Waals surface area contributed by atoms with Gasteiger partial charge in [0.25, 0.3) is 0 Å². The van der Waals surface area contributed by atoms with Crippen molar-refractivity contribution in [3.63, 3.8) is 0 Å². The van der Waals surface area contributed by atoms with Crippen molar-refractivity contribution in [1.82, 2.24) is 15.3 Å². The summed E-state index contributed by atoms with van der Waals surface area (Å²) in [6.07, 6.45) is 1.69. The number of nitrogens with one attached hydrogen (secondary N) is 2. The Hall–Kier alpha value is -3.48. The molecule has 2 aromatic carbocycles. The molecule has 6 nitrogen and oxygen atoms in total. The van der Waals surface area contributed by atoms with Crippen LogP contribution in [0.15, 0.2) is 54.9 Å². The molecule has 3 rings (SSSR count). The number of halogens is 1. The number of carbonyl (C=O) groups excluding carboxylic acids is 1. The van der Waals surface area contributed by atoms with Gasteiger partial charge in [-0.1, -0.05) is 24.3 Å². The lowest BCUT2D eigenvalue weighted by atomic mass is 10.0. The third kappa shape index (κ3) is 5.51. The van der Waals surface area contributed by atoms with Gasteiger partial charge < -0.3 is 15.4 Å². The second kappa shape index (κ2) is 9.14. The minimum atomic E-state index is -0.359. The van der Waals surface area contributed by atoms with Gasteiger partial charge in [-0.05, 0) is 43.2 Å². The fraction of sp³-hybridized carbons (Fsp3) is 0.227. The molecule has 0 unspecified atom stereocenters. The highest BCUT2D eigenvalue weighted by atomic mass is 19.1. The number of amides is 1. The van der Waals surface area contributed by atoms with Gasteiger partial charge in [-0.2, -0.15) is 0 Å². The lowest BCUT2D eigenvalue weighted by molar-refractivity contribution is -0.119. The number of nitrogens with zero attached hydrogens (tertiary/aromatic N) is 2. The molecule has 150 valence electrons. The summed E-state index contributed by atoms with van der Waals surface area (Å²) >= 11 is 0. The van der Waals surface area contributed by atoms with Crippen molar-refractivity contribution in [3.8, 4) is 17.0 Å². The number of likely N-dealkylation sites (N-methyl/N-ethyl adjacent to an activating group) is 1. The highest BCUT2D eigenvalue weighted by Gasteiger charge is 2.09. The molecule has 0 saturated heterocycles. The Kier molecular flexibility index (Phi) is 6.39. The Morgan fingerprint density at radius 3 is 2.52 bits per heavy atom. The second-order valence-electron chi connectivity index (χ2n) is 6.77.